The number of carboxylic acid groups (broad SMARTS) is 1. The number of rotatable bonds is 27. The van der Waals surface area contributed by atoms with E-state index in [-0.39, 0.29) is 11.9 Å². The Kier molecular flexibility index (Phi) is 25.1. The highest BCUT2D eigenvalue weighted by molar-refractivity contribution is 5.88. The van der Waals surface area contributed by atoms with Gasteiger partial charge in [0.25, 0.3) is 0 Å². The van der Waals surface area contributed by atoms with Gasteiger partial charge in [-0.2, -0.15) is 0 Å². The van der Waals surface area contributed by atoms with E-state index in [1.165, 1.54) is 109 Å². The van der Waals surface area contributed by atoms with Crippen molar-refractivity contribution in [3.8, 4) is 5.75 Å². The maximum absolute atomic E-state index is 12.1. The zero-order valence-corrected chi connectivity index (χ0v) is 30.0. The highest BCUT2D eigenvalue weighted by atomic mass is 16.5. The number of hydrogen-bond donors (Lipinski definition) is 1. The minimum absolute atomic E-state index is 0.124. The number of carboxylic acids is 1. The van der Waals surface area contributed by atoms with Crippen molar-refractivity contribution in [2.75, 3.05) is 6.61 Å². The molecule has 1 aliphatic rings. The van der Waals surface area contributed by atoms with Crippen LogP contribution in [0.4, 0.5) is 0 Å². The van der Waals surface area contributed by atoms with E-state index in [0.29, 0.717) is 18.6 Å². The molecule has 2 atom stereocenters. The number of unbranched alkanes of at least 4 members (excludes halogenated alkanes) is 16. The SMILES string of the molecule is CCCCCCCCCC(CCC)OC1(C(C)=O)C=CC=CC1.CCCCCCCCCCCCCOc1ccc(C(=O)O)cc1. The third-order valence-corrected chi connectivity index (χ3v) is 8.86. The summed E-state index contributed by atoms with van der Waals surface area (Å²) in [7, 11) is 0. The van der Waals surface area contributed by atoms with Crippen LogP contribution in [-0.2, 0) is 9.53 Å². The van der Waals surface area contributed by atoms with Crippen LogP contribution in [0.2, 0.25) is 0 Å². The van der Waals surface area contributed by atoms with Crippen LogP contribution in [0.25, 0.3) is 0 Å². The molecule has 0 heterocycles. The van der Waals surface area contributed by atoms with Crippen molar-refractivity contribution >= 4 is 11.8 Å². The van der Waals surface area contributed by atoms with E-state index in [0.717, 1.165) is 31.4 Å². The maximum Gasteiger partial charge on any atom is 0.335 e. The Morgan fingerprint density at radius 2 is 1.22 bits per heavy atom. The van der Waals surface area contributed by atoms with Gasteiger partial charge in [0.05, 0.1) is 18.3 Å². The van der Waals surface area contributed by atoms with E-state index in [4.69, 9.17) is 14.6 Å². The highest BCUT2D eigenvalue weighted by Gasteiger charge is 2.35. The lowest BCUT2D eigenvalue weighted by molar-refractivity contribution is -0.143. The molecular weight excluding hydrogens is 572 g/mol. The molecule has 5 nitrogen and oxygen atoms in total. The summed E-state index contributed by atoms with van der Waals surface area (Å²) in [6, 6.07) is 6.61. The van der Waals surface area contributed by atoms with Crippen LogP contribution in [0.1, 0.15) is 179 Å². The summed E-state index contributed by atoms with van der Waals surface area (Å²) in [4.78, 5) is 22.9. The Morgan fingerprint density at radius 3 is 1.67 bits per heavy atom. The normalized spacial score (nSPS) is 16.1. The first-order valence-electron chi connectivity index (χ1n) is 18.9. The molecule has 1 N–H and O–H groups in total. The number of ether oxygens (including phenoxy) is 2. The smallest absolute Gasteiger partial charge is 0.335 e. The summed E-state index contributed by atoms with van der Waals surface area (Å²) in [5.74, 6) is -0.0252. The summed E-state index contributed by atoms with van der Waals surface area (Å²) in [5, 5.41) is 8.82. The molecule has 0 amide bonds. The molecule has 1 aromatic rings. The molecule has 2 unspecified atom stereocenters. The molecule has 262 valence electrons. The van der Waals surface area contributed by atoms with Crippen LogP contribution in [0.5, 0.6) is 5.75 Å². The molecule has 5 heteroatoms. The number of Topliss-reactive ketones (excluding diaryl/α,β-unsaturated/α-hetero) is 1. The zero-order valence-electron chi connectivity index (χ0n) is 30.0. The Hall–Kier alpha value is -2.40. The Morgan fingerprint density at radius 1 is 0.696 bits per heavy atom. The quantitative estimate of drug-likeness (QED) is 0.0969. The predicted octanol–water partition coefficient (Wildman–Crippen LogP) is 12.2. The minimum Gasteiger partial charge on any atom is -0.494 e. The van der Waals surface area contributed by atoms with Gasteiger partial charge in [0.15, 0.2) is 5.78 Å². The fourth-order valence-electron chi connectivity index (χ4n) is 5.89. The van der Waals surface area contributed by atoms with E-state index in [2.05, 4.69) is 20.8 Å². The summed E-state index contributed by atoms with van der Waals surface area (Å²) in [6.07, 6.45) is 35.8. The van der Waals surface area contributed by atoms with Crippen LogP contribution in [0, 0.1) is 0 Å². The van der Waals surface area contributed by atoms with Crippen molar-refractivity contribution in [3.63, 3.8) is 0 Å². The summed E-state index contributed by atoms with van der Waals surface area (Å²) < 4.78 is 12.0. The predicted molar refractivity (Wildman–Crippen MR) is 194 cm³/mol. The van der Waals surface area contributed by atoms with Gasteiger partial charge in [0.2, 0.25) is 0 Å². The molecule has 0 saturated heterocycles. The van der Waals surface area contributed by atoms with Crippen molar-refractivity contribution in [3.05, 3.63) is 54.1 Å². The molecule has 1 aliphatic carbocycles. The molecule has 0 aliphatic heterocycles. The van der Waals surface area contributed by atoms with Crippen LogP contribution in [-0.4, -0.2) is 35.2 Å². The summed E-state index contributed by atoms with van der Waals surface area (Å²) in [6.45, 7) is 9.07. The average Bonchev–Trinajstić information content (AvgIpc) is 3.06. The Balaban J connectivity index is 0.000000460. The van der Waals surface area contributed by atoms with E-state index >= 15 is 0 Å². The van der Waals surface area contributed by atoms with E-state index in [1.54, 1.807) is 31.2 Å². The van der Waals surface area contributed by atoms with Crippen molar-refractivity contribution < 1.29 is 24.2 Å². The van der Waals surface area contributed by atoms with Gasteiger partial charge in [-0.15, -0.1) is 0 Å². The van der Waals surface area contributed by atoms with Crippen molar-refractivity contribution in [2.24, 2.45) is 0 Å². The molecule has 0 fully saturated rings. The second kappa shape index (κ2) is 27.7. The van der Waals surface area contributed by atoms with Gasteiger partial charge in [-0.3, -0.25) is 4.79 Å². The number of hydrogen-bond acceptors (Lipinski definition) is 4. The first kappa shape index (κ1) is 41.6. The lowest BCUT2D eigenvalue weighted by Gasteiger charge is -2.33. The molecular formula is C41H68O5. The first-order valence-corrected chi connectivity index (χ1v) is 18.9. The lowest BCUT2D eigenvalue weighted by Crippen LogP contribution is -2.42. The second-order valence-corrected chi connectivity index (χ2v) is 13.1. The van der Waals surface area contributed by atoms with Gasteiger partial charge in [-0.1, -0.05) is 155 Å². The van der Waals surface area contributed by atoms with Crippen LogP contribution in [0.3, 0.4) is 0 Å². The van der Waals surface area contributed by atoms with Crippen molar-refractivity contribution in [1.82, 2.24) is 0 Å². The summed E-state index contributed by atoms with van der Waals surface area (Å²) >= 11 is 0. The van der Waals surface area contributed by atoms with Crippen LogP contribution < -0.4 is 4.74 Å². The molecule has 1 aromatic carbocycles. The van der Waals surface area contributed by atoms with Crippen molar-refractivity contribution in [2.45, 2.75) is 181 Å². The standard InChI is InChI=1S/C21H36O2.C20H32O3/c1-4-6-7-8-9-10-12-16-20(15-5-2)23-21(19(3)22)17-13-11-14-18-21;1-2-3-4-5-6-7-8-9-10-11-12-17-23-19-15-13-18(14-16-19)20(21)22/h11,13-14,17,20H,4-10,12,15-16,18H2,1-3H3;13-16H,2-12,17H2,1H3,(H,21,22). The molecule has 46 heavy (non-hydrogen) atoms. The largest absolute Gasteiger partial charge is 0.494 e. The van der Waals surface area contributed by atoms with Gasteiger partial charge in [-0.25, -0.2) is 4.79 Å². The van der Waals surface area contributed by atoms with Gasteiger partial charge in [0.1, 0.15) is 11.4 Å². The third kappa shape index (κ3) is 20.0. The lowest BCUT2D eigenvalue weighted by atomic mass is 9.90. The Labute approximate surface area is 282 Å². The number of carbonyl (C=O) groups is 2. The van der Waals surface area contributed by atoms with Crippen LogP contribution >= 0.6 is 0 Å². The average molecular weight is 641 g/mol. The number of benzene rings is 1. The first-order chi connectivity index (χ1) is 22.4. The molecule has 0 saturated carbocycles. The Bertz CT molecular complexity index is 950. The summed E-state index contributed by atoms with van der Waals surface area (Å²) in [5.41, 5.74) is -0.414. The van der Waals surface area contributed by atoms with Gasteiger partial charge in [0, 0.05) is 6.42 Å². The zero-order chi connectivity index (χ0) is 33.7. The fourth-order valence-corrected chi connectivity index (χ4v) is 5.89. The number of ketones is 1. The molecule has 2 rings (SSSR count). The monoisotopic (exact) mass is 641 g/mol. The molecule has 0 aromatic heterocycles. The molecule has 0 radical (unpaired) electrons. The van der Waals surface area contributed by atoms with Gasteiger partial charge in [-0.05, 0) is 56.5 Å². The van der Waals surface area contributed by atoms with E-state index < -0.39 is 11.6 Å². The minimum atomic E-state index is -0.901. The number of allylic oxidation sites excluding steroid dienone is 2. The van der Waals surface area contributed by atoms with Crippen LogP contribution in [0.15, 0.2) is 48.6 Å². The topological polar surface area (TPSA) is 72.8 Å². The molecule has 0 spiro atoms. The fraction of sp³-hybridized carbons (Fsp3) is 0.707. The number of aromatic carboxylic acids is 1. The highest BCUT2D eigenvalue weighted by Crippen LogP contribution is 2.28. The maximum atomic E-state index is 12.1. The third-order valence-electron chi connectivity index (χ3n) is 8.86. The van der Waals surface area contributed by atoms with E-state index in [1.807, 2.05) is 24.3 Å². The number of carbonyl (C=O) groups excluding carboxylic acids is 1. The van der Waals surface area contributed by atoms with Crippen molar-refractivity contribution in [1.29, 1.82) is 0 Å². The van der Waals surface area contributed by atoms with E-state index in [9.17, 15) is 9.59 Å². The van der Waals surface area contributed by atoms with Gasteiger partial charge >= 0.3 is 5.97 Å². The molecule has 0 bridgehead atoms. The second-order valence-electron chi connectivity index (χ2n) is 13.1. The van der Waals surface area contributed by atoms with Gasteiger partial charge < -0.3 is 14.6 Å².